The second kappa shape index (κ2) is 5.40. The van der Waals surface area contributed by atoms with Crippen LogP contribution in [-0.2, 0) is 0 Å². The molecule has 0 saturated heterocycles. The molecule has 1 N–H and O–H groups in total. The predicted octanol–water partition coefficient (Wildman–Crippen LogP) is 2.62. The molecule has 20 heavy (non-hydrogen) atoms. The van der Waals surface area contributed by atoms with Crippen LogP contribution in [0.15, 0.2) is 30.5 Å². The van der Waals surface area contributed by atoms with Crippen molar-refractivity contribution in [1.82, 2.24) is 4.98 Å². The zero-order valence-corrected chi connectivity index (χ0v) is 9.82. The Hall–Kier alpha value is -2.88. The number of aromatic nitrogens is 1. The lowest BCUT2D eigenvalue weighted by molar-refractivity contribution is 0.101. The summed E-state index contributed by atoms with van der Waals surface area (Å²) < 4.78 is 39.5. The van der Waals surface area contributed by atoms with Gasteiger partial charge in [-0.2, -0.15) is 5.26 Å². The van der Waals surface area contributed by atoms with Crippen molar-refractivity contribution in [2.45, 2.75) is 0 Å². The number of halogens is 3. The van der Waals surface area contributed by atoms with Crippen molar-refractivity contribution >= 4 is 11.7 Å². The molecular weight excluding hydrogens is 271 g/mol. The van der Waals surface area contributed by atoms with E-state index in [1.54, 1.807) is 0 Å². The van der Waals surface area contributed by atoms with Crippen LogP contribution in [0.4, 0.5) is 19.0 Å². The molecule has 1 amide bonds. The van der Waals surface area contributed by atoms with Gasteiger partial charge in [0.1, 0.15) is 34.9 Å². The molecule has 1 aromatic carbocycles. The average molecular weight is 277 g/mol. The molecule has 0 radical (unpaired) electrons. The van der Waals surface area contributed by atoms with E-state index in [2.05, 4.69) is 10.3 Å². The van der Waals surface area contributed by atoms with E-state index in [4.69, 9.17) is 5.26 Å². The Morgan fingerprint density at radius 1 is 1.20 bits per heavy atom. The Kier molecular flexibility index (Phi) is 3.66. The van der Waals surface area contributed by atoms with Gasteiger partial charge < -0.3 is 5.32 Å². The highest BCUT2D eigenvalue weighted by atomic mass is 19.1. The minimum absolute atomic E-state index is 0.0112. The number of benzene rings is 1. The maximum absolute atomic E-state index is 13.4. The van der Waals surface area contributed by atoms with Gasteiger partial charge in [-0.25, -0.2) is 18.2 Å². The van der Waals surface area contributed by atoms with Crippen LogP contribution in [0.25, 0.3) is 0 Å². The molecular formula is C13H6F3N3O. The third-order valence-electron chi connectivity index (χ3n) is 2.37. The van der Waals surface area contributed by atoms with E-state index in [-0.39, 0.29) is 11.4 Å². The highest BCUT2D eigenvalue weighted by Gasteiger charge is 2.19. The standard InChI is InChI=1S/C13H6F3N3O/c14-8-3-9(15)12(10(16)4-8)13(20)19-11-2-1-7(5-17)6-18-11/h1-4,6H,(H,18,19,20). The van der Waals surface area contributed by atoms with E-state index in [1.165, 1.54) is 18.3 Å². The van der Waals surface area contributed by atoms with Crippen molar-refractivity contribution in [1.29, 1.82) is 5.26 Å². The molecule has 1 heterocycles. The van der Waals surface area contributed by atoms with Crippen LogP contribution in [0.2, 0.25) is 0 Å². The number of pyridine rings is 1. The first-order valence-electron chi connectivity index (χ1n) is 5.33. The van der Waals surface area contributed by atoms with Gasteiger partial charge in [0.25, 0.3) is 5.91 Å². The van der Waals surface area contributed by atoms with Gasteiger partial charge in [0.05, 0.1) is 5.56 Å². The molecule has 0 fully saturated rings. The Morgan fingerprint density at radius 2 is 1.85 bits per heavy atom. The van der Waals surface area contributed by atoms with Crippen molar-refractivity contribution in [3.05, 3.63) is 59.0 Å². The lowest BCUT2D eigenvalue weighted by Crippen LogP contribution is -2.17. The number of nitrogens with one attached hydrogen (secondary N) is 1. The Balaban J connectivity index is 2.26. The molecule has 0 aliphatic carbocycles. The fraction of sp³-hybridized carbons (Fsp3) is 0. The number of hydrogen-bond acceptors (Lipinski definition) is 3. The van der Waals surface area contributed by atoms with Gasteiger partial charge in [-0.05, 0) is 12.1 Å². The predicted molar refractivity (Wildman–Crippen MR) is 63.2 cm³/mol. The van der Waals surface area contributed by atoms with E-state index in [0.717, 1.165) is 0 Å². The molecule has 1 aromatic heterocycles. The molecule has 4 nitrogen and oxygen atoms in total. The van der Waals surface area contributed by atoms with E-state index >= 15 is 0 Å². The van der Waals surface area contributed by atoms with E-state index in [1.807, 2.05) is 6.07 Å². The Bertz CT molecular complexity index is 685. The fourth-order valence-electron chi connectivity index (χ4n) is 1.47. The maximum atomic E-state index is 13.4. The quantitative estimate of drug-likeness (QED) is 0.917. The van der Waals surface area contributed by atoms with Crippen LogP contribution < -0.4 is 5.32 Å². The largest absolute Gasteiger partial charge is 0.306 e. The SMILES string of the molecule is N#Cc1ccc(NC(=O)c2c(F)cc(F)cc2F)nc1. The molecule has 0 bridgehead atoms. The summed E-state index contributed by atoms with van der Waals surface area (Å²) in [6.45, 7) is 0. The summed E-state index contributed by atoms with van der Waals surface area (Å²) in [5.41, 5.74) is -0.639. The van der Waals surface area contributed by atoms with Gasteiger partial charge >= 0.3 is 0 Å². The number of hydrogen-bond donors (Lipinski definition) is 1. The van der Waals surface area contributed by atoms with Crippen LogP contribution in [0.5, 0.6) is 0 Å². The van der Waals surface area contributed by atoms with Crippen molar-refractivity contribution < 1.29 is 18.0 Å². The van der Waals surface area contributed by atoms with E-state index < -0.39 is 28.9 Å². The summed E-state index contributed by atoms with van der Waals surface area (Å²) in [6, 6.07) is 5.32. The Labute approximate surface area is 111 Å². The number of nitrogens with zero attached hydrogens (tertiary/aromatic N) is 2. The molecule has 2 aromatic rings. The Morgan fingerprint density at radius 3 is 2.35 bits per heavy atom. The minimum atomic E-state index is -1.31. The number of nitriles is 1. The second-order valence-electron chi connectivity index (χ2n) is 3.74. The van der Waals surface area contributed by atoms with Crippen molar-refractivity contribution in [3.63, 3.8) is 0 Å². The number of carbonyl (C=O) groups is 1. The van der Waals surface area contributed by atoms with Crippen LogP contribution in [0.1, 0.15) is 15.9 Å². The molecule has 0 aliphatic heterocycles. The first kappa shape index (κ1) is 13.5. The lowest BCUT2D eigenvalue weighted by Gasteiger charge is -2.06. The molecule has 7 heteroatoms. The molecule has 2 rings (SSSR count). The fourth-order valence-corrected chi connectivity index (χ4v) is 1.47. The van der Waals surface area contributed by atoms with Gasteiger partial charge in [-0.1, -0.05) is 0 Å². The normalized spacial score (nSPS) is 9.90. The minimum Gasteiger partial charge on any atom is -0.306 e. The summed E-state index contributed by atoms with van der Waals surface area (Å²) in [6.07, 6.45) is 1.19. The summed E-state index contributed by atoms with van der Waals surface area (Å²) in [4.78, 5) is 15.4. The molecule has 0 saturated carbocycles. The zero-order valence-electron chi connectivity index (χ0n) is 9.82. The summed E-state index contributed by atoms with van der Waals surface area (Å²) >= 11 is 0. The first-order chi connectivity index (χ1) is 9.51. The highest BCUT2D eigenvalue weighted by Crippen LogP contribution is 2.16. The van der Waals surface area contributed by atoms with Gasteiger partial charge in [-0.3, -0.25) is 4.79 Å². The zero-order chi connectivity index (χ0) is 14.7. The lowest BCUT2D eigenvalue weighted by atomic mass is 10.1. The average Bonchev–Trinajstić information content (AvgIpc) is 2.38. The summed E-state index contributed by atoms with van der Waals surface area (Å²) in [5.74, 6) is -4.83. The van der Waals surface area contributed by atoms with Crippen LogP contribution in [0.3, 0.4) is 0 Å². The number of rotatable bonds is 2. The molecule has 0 spiro atoms. The van der Waals surface area contributed by atoms with Crippen LogP contribution in [-0.4, -0.2) is 10.9 Å². The molecule has 0 unspecified atom stereocenters. The number of anilines is 1. The monoisotopic (exact) mass is 277 g/mol. The number of amides is 1. The third kappa shape index (κ3) is 2.75. The van der Waals surface area contributed by atoms with E-state index in [0.29, 0.717) is 12.1 Å². The van der Waals surface area contributed by atoms with Gasteiger partial charge in [0, 0.05) is 18.3 Å². The first-order valence-corrected chi connectivity index (χ1v) is 5.33. The molecule has 0 aliphatic rings. The van der Waals surface area contributed by atoms with Crippen molar-refractivity contribution in [2.75, 3.05) is 5.32 Å². The third-order valence-corrected chi connectivity index (χ3v) is 2.37. The smallest absolute Gasteiger partial charge is 0.262 e. The summed E-state index contributed by atoms with van der Waals surface area (Å²) in [5, 5.41) is 10.7. The van der Waals surface area contributed by atoms with Crippen molar-refractivity contribution in [2.24, 2.45) is 0 Å². The second-order valence-corrected chi connectivity index (χ2v) is 3.74. The maximum Gasteiger partial charge on any atom is 0.262 e. The highest BCUT2D eigenvalue weighted by molar-refractivity contribution is 6.04. The van der Waals surface area contributed by atoms with Crippen LogP contribution >= 0.6 is 0 Å². The van der Waals surface area contributed by atoms with E-state index in [9.17, 15) is 18.0 Å². The molecule has 0 atom stereocenters. The summed E-state index contributed by atoms with van der Waals surface area (Å²) in [7, 11) is 0. The molecule has 100 valence electrons. The van der Waals surface area contributed by atoms with Gasteiger partial charge in [0.2, 0.25) is 0 Å². The topological polar surface area (TPSA) is 65.8 Å². The van der Waals surface area contributed by atoms with Gasteiger partial charge in [-0.15, -0.1) is 0 Å². The van der Waals surface area contributed by atoms with Crippen molar-refractivity contribution in [3.8, 4) is 6.07 Å². The van der Waals surface area contributed by atoms with Crippen LogP contribution in [0, 0.1) is 28.8 Å². The number of carbonyl (C=O) groups excluding carboxylic acids is 1. The van der Waals surface area contributed by atoms with Gasteiger partial charge in [0.15, 0.2) is 0 Å².